The van der Waals surface area contributed by atoms with Gasteiger partial charge in [-0.3, -0.25) is 4.79 Å². The van der Waals surface area contributed by atoms with E-state index in [2.05, 4.69) is 10.6 Å². The van der Waals surface area contributed by atoms with Crippen LogP contribution in [0.2, 0.25) is 0 Å². The summed E-state index contributed by atoms with van der Waals surface area (Å²) in [6.45, 7) is 2.82. The largest absolute Gasteiger partial charge is 0.324 e. The topological polar surface area (TPSA) is 75.3 Å². The SMILES string of the molecule is CC1CCNC1C(=O)Nc1ccccc1S(C)(=O)=O. The molecule has 1 amide bonds. The van der Waals surface area contributed by atoms with Gasteiger partial charge in [-0.1, -0.05) is 19.1 Å². The van der Waals surface area contributed by atoms with E-state index in [4.69, 9.17) is 0 Å². The number of para-hydroxylation sites is 1. The summed E-state index contributed by atoms with van der Waals surface area (Å²) < 4.78 is 23.3. The molecule has 1 aromatic rings. The lowest BCUT2D eigenvalue weighted by Gasteiger charge is -2.16. The number of hydrogen-bond acceptors (Lipinski definition) is 4. The third-order valence-electron chi connectivity index (χ3n) is 3.36. The van der Waals surface area contributed by atoms with Gasteiger partial charge < -0.3 is 10.6 Å². The summed E-state index contributed by atoms with van der Waals surface area (Å²) in [5, 5.41) is 5.83. The molecule has 1 aromatic carbocycles. The van der Waals surface area contributed by atoms with Crippen LogP contribution in [0.1, 0.15) is 13.3 Å². The second-order valence-corrected chi connectivity index (χ2v) is 6.94. The van der Waals surface area contributed by atoms with Crippen molar-refractivity contribution in [2.75, 3.05) is 18.1 Å². The number of amides is 1. The Balaban J connectivity index is 2.22. The number of anilines is 1. The number of benzene rings is 1. The molecule has 2 unspecified atom stereocenters. The van der Waals surface area contributed by atoms with Gasteiger partial charge in [0.2, 0.25) is 5.91 Å². The molecule has 0 bridgehead atoms. The number of hydrogen-bond donors (Lipinski definition) is 2. The third kappa shape index (κ3) is 3.13. The number of rotatable bonds is 3. The Kier molecular flexibility index (Phi) is 3.91. The maximum Gasteiger partial charge on any atom is 0.241 e. The van der Waals surface area contributed by atoms with Crippen molar-refractivity contribution in [2.45, 2.75) is 24.3 Å². The van der Waals surface area contributed by atoms with Crippen molar-refractivity contribution in [1.82, 2.24) is 5.32 Å². The average Bonchev–Trinajstić information content (AvgIpc) is 2.75. The fraction of sp³-hybridized carbons (Fsp3) is 0.462. The Morgan fingerprint density at radius 1 is 1.37 bits per heavy atom. The molecule has 2 rings (SSSR count). The minimum Gasteiger partial charge on any atom is -0.324 e. The van der Waals surface area contributed by atoms with E-state index in [1.807, 2.05) is 6.92 Å². The molecular weight excluding hydrogens is 264 g/mol. The second-order valence-electron chi connectivity index (χ2n) is 4.96. The van der Waals surface area contributed by atoms with Gasteiger partial charge >= 0.3 is 0 Å². The van der Waals surface area contributed by atoms with Crippen LogP contribution in [0.25, 0.3) is 0 Å². The number of sulfone groups is 1. The van der Waals surface area contributed by atoms with Crippen LogP contribution in [-0.2, 0) is 14.6 Å². The first kappa shape index (κ1) is 14.0. The summed E-state index contributed by atoms with van der Waals surface area (Å²) in [5.41, 5.74) is 0.343. The highest BCUT2D eigenvalue weighted by molar-refractivity contribution is 7.90. The van der Waals surface area contributed by atoms with Gasteiger partial charge in [-0.2, -0.15) is 0 Å². The molecule has 104 valence electrons. The molecule has 0 radical (unpaired) electrons. The first-order valence-corrected chi connectivity index (χ1v) is 8.12. The van der Waals surface area contributed by atoms with Crippen molar-refractivity contribution < 1.29 is 13.2 Å². The molecule has 6 heteroatoms. The van der Waals surface area contributed by atoms with Crippen LogP contribution in [0.4, 0.5) is 5.69 Å². The van der Waals surface area contributed by atoms with Crippen molar-refractivity contribution in [3.05, 3.63) is 24.3 Å². The average molecular weight is 282 g/mol. The smallest absolute Gasteiger partial charge is 0.241 e. The Labute approximate surface area is 113 Å². The van der Waals surface area contributed by atoms with Gasteiger partial charge in [0.1, 0.15) is 0 Å². The van der Waals surface area contributed by atoms with Gasteiger partial charge in [-0.05, 0) is 31.0 Å². The van der Waals surface area contributed by atoms with E-state index in [1.54, 1.807) is 18.2 Å². The van der Waals surface area contributed by atoms with Crippen LogP contribution >= 0.6 is 0 Å². The fourth-order valence-electron chi connectivity index (χ4n) is 2.29. The lowest BCUT2D eigenvalue weighted by molar-refractivity contribution is -0.118. The van der Waals surface area contributed by atoms with Crippen LogP contribution < -0.4 is 10.6 Å². The quantitative estimate of drug-likeness (QED) is 0.868. The molecule has 1 saturated heterocycles. The van der Waals surface area contributed by atoms with Crippen molar-refractivity contribution in [2.24, 2.45) is 5.92 Å². The Morgan fingerprint density at radius 3 is 2.63 bits per heavy atom. The van der Waals surface area contributed by atoms with Gasteiger partial charge in [0.25, 0.3) is 0 Å². The molecule has 0 aromatic heterocycles. The summed E-state index contributed by atoms with van der Waals surface area (Å²) in [5.74, 6) is 0.0755. The standard InChI is InChI=1S/C13H18N2O3S/c1-9-7-8-14-12(9)13(16)15-10-5-3-4-6-11(10)19(2,17)18/h3-6,9,12,14H,7-8H2,1-2H3,(H,15,16). The highest BCUT2D eigenvalue weighted by atomic mass is 32.2. The number of nitrogens with one attached hydrogen (secondary N) is 2. The number of carbonyl (C=O) groups is 1. The highest BCUT2D eigenvalue weighted by Crippen LogP contribution is 2.22. The van der Waals surface area contributed by atoms with Gasteiger partial charge in [0.15, 0.2) is 9.84 Å². The van der Waals surface area contributed by atoms with Gasteiger partial charge in [0, 0.05) is 6.26 Å². The zero-order chi connectivity index (χ0) is 14.0. The van der Waals surface area contributed by atoms with Gasteiger partial charge in [-0.15, -0.1) is 0 Å². The van der Waals surface area contributed by atoms with E-state index >= 15 is 0 Å². The van der Waals surface area contributed by atoms with E-state index in [0.717, 1.165) is 19.2 Å². The van der Waals surface area contributed by atoms with E-state index in [1.165, 1.54) is 6.07 Å². The minimum absolute atomic E-state index is 0.147. The predicted molar refractivity (Wildman–Crippen MR) is 73.8 cm³/mol. The van der Waals surface area contributed by atoms with E-state index < -0.39 is 9.84 Å². The van der Waals surface area contributed by atoms with Gasteiger partial charge in [-0.25, -0.2) is 8.42 Å². The first-order chi connectivity index (χ1) is 8.89. The summed E-state index contributed by atoms with van der Waals surface area (Å²) in [6.07, 6.45) is 2.08. The fourth-order valence-corrected chi connectivity index (χ4v) is 3.13. The molecule has 2 atom stereocenters. The molecule has 0 spiro atoms. The third-order valence-corrected chi connectivity index (χ3v) is 4.51. The lowest BCUT2D eigenvalue weighted by atomic mass is 10.0. The Bertz CT molecular complexity index is 583. The zero-order valence-corrected chi connectivity index (χ0v) is 11.8. The van der Waals surface area contributed by atoms with E-state index in [-0.39, 0.29) is 22.8 Å². The summed E-state index contributed by atoms with van der Waals surface area (Å²) in [6, 6.07) is 6.19. The molecule has 1 aliphatic rings. The maximum absolute atomic E-state index is 12.1. The predicted octanol–water partition coefficient (Wildman–Crippen LogP) is 1.03. The number of carbonyl (C=O) groups excluding carboxylic acids is 1. The normalized spacial score (nSPS) is 23.3. The molecule has 0 aliphatic carbocycles. The zero-order valence-electron chi connectivity index (χ0n) is 11.0. The summed E-state index contributed by atoms with van der Waals surface area (Å²) in [7, 11) is -3.35. The molecular formula is C13H18N2O3S. The van der Waals surface area contributed by atoms with Crippen LogP contribution in [0.3, 0.4) is 0 Å². The Morgan fingerprint density at radius 2 is 2.05 bits per heavy atom. The van der Waals surface area contributed by atoms with Crippen molar-refractivity contribution in [1.29, 1.82) is 0 Å². The monoisotopic (exact) mass is 282 g/mol. The highest BCUT2D eigenvalue weighted by Gasteiger charge is 2.29. The van der Waals surface area contributed by atoms with Crippen molar-refractivity contribution in [3.8, 4) is 0 Å². The molecule has 1 aliphatic heterocycles. The van der Waals surface area contributed by atoms with E-state index in [0.29, 0.717) is 5.69 Å². The molecule has 5 nitrogen and oxygen atoms in total. The van der Waals surface area contributed by atoms with Crippen LogP contribution in [0.5, 0.6) is 0 Å². The van der Waals surface area contributed by atoms with Crippen LogP contribution in [0, 0.1) is 5.92 Å². The summed E-state index contributed by atoms with van der Waals surface area (Å²) >= 11 is 0. The molecule has 1 heterocycles. The molecule has 0 saturated carbocycles. The van der Waals surface area contributed by atoms with E-state index in [9.17, 15) is 13.2 Å². The minimum atomic E-state index is -3.35. The molecule has 2 N–H and O–H groups in total. The van der Waals surface area contributed by atoms with Crippen LogP contribution in [0.15, 0.2) is 29.2 Å². The first-order valence-electron chi connectivity index (χ1n) is 6.23. The van der Waals surface area contributed by atoms with Crippen molar-refractivity contribution >= 4 is 21.4 Å². The van der Waals surface area contributed by atoms with Crippen LogP contribution in [-0.4, -0.2) is 33.2 Å². The molecule has 19 heavy (non-hydrogen) atoms. The maximum atomic E-state index is 12.1. The molecule has 1 fully saturated rings. The second kappa shape index (κ2) is 5.30. The Hall–Kier alpha value is -1.40. The summed E-state index contributed by atoms with van der Waals surface area (Å²) in [4.78, 5) is 12.3. The van der Waals surface area contributed by atoms with Gasteiger partial charge in [0.05, 0.1) is 16.6 Å². The lowest BCUT2D eigenvalue weighted by Crippen LogP contribution is -2.39. The van der Waals surface area contributed by atoms with Crippen molar-refractivity contribution in [3.63, 3.8) is 0 Å².